The van der Waals surface area contributed by atoms with Gasteiger partial charge < -0.3 is 14.2 Å². The lowest BCUT2D eigenvalue weighted by Crippen LogP contribution is -2.44. The molecule has 2 heterocycles. The Morgan fingerprint density at radius 2 is 2.04 bits per heavy atom. The summed E-state index contributed by atoms with van der Waals surface area (Å²) in [7, 11) is 1.65. The molecule has 0 N–H and O–H groups in total. The van der Waals surface area contributed by atoms with Crippen molar-refractivity contribution in [1.29, 1.82) is 0 Å². The van der Waals surface area contributed by atoms with Gasteiger partial charge in [0.05, 0.1) is 26.2 Å². The van der Waals surface area contributed by atoms with Crippen molar-refractivity contribution in [3.8, 4) is 11.5 Å². The zero-order valence-electron chi connectivity index (χ0n) is 16.5. The fraction of sp³-hybridized carbons (Fsp3) is 0.435. The van der Waals surface area contributed by atoms with Gasteiger partial charge in [-0.15, -0.1) is 0 Å². The third kappa shape index (κ3) is 3.24. The number of esters is 1. The summed E-state index contributed by atoms with van der Waals surface area (Å²) in [5.41, 5.74) is 2.00. The van der Waals surface area contributed by atoms with Crippen molar-refractivity contribution in [3.05, 3.63) is 59.7 Å². The quantitative estimate of drug-likeness (QED) is 0.743. The molecule has 0 bridgehead atoms. The molecule has 5 heteroatoms. The Hall–Kier alpha value is -2.53. The summed E-state index contributed by atoms with van der Waals surface area (Å²) in [6.45, 7) is 5.13. The molecule has 0 saturated carbocycles. The molecule has 2 aromatic carbocycles. The van der Waals surface area contributed by atoms with Gasteiger partial charge in [-0.2, -0.15) is 0 Å². The molecular formula is C23H27NO4. The lowest BCUT2D eigenvalue weighted by Gasteiger charge is -2.39. The highest BCUT2D eigenvalue weighted by atomic mass is 16.5. The second-order valence-corrected chi connectivity index (χ2v) is 7.55. The molecule has 148 valence electrons. The van der Waals surface area contributed by atoms with Crippen LogP contribution in [0.5, 0.6) is 11.5 Å². The van der Waals surface area contributed by atoms with E-state index >= 15 is 0 Å². The zero-order valence-corrected chi connectivity index (χ0v) is 16.5. The number of hydrogen-bond donors (Lipinski definition) is 0. The molecule has 0 aliphatic carbocycles. The van der Waals surface area contributed by atoms with Gasteiger partial charge in [0, 0.05) is 30.6 Å². The van der Waals surface area contributed by atoms with Crippen LogP contribution in [-0.4, -0.2) is 44.3 Å². The van der Waals surface area contributed by atoms with Gasteiger partial charge in [0.1, 0.15) is 0 Å². The topological polar surface area (TPSA) is 48.0 Å². The van der Waals surface area contributed by atoms with E-state index in [2.05, 4.69) is 35.2 Å². The summed E-state index contributed by atoms with van der Waals surface area (Å²) in [5.74, 6) is 1.16. The number of methoxy groups -OCH3 is 1. The molecule has 1 fully saturated rings. The second kappa shape index (κ2) is 7.84. The standard InChI is InChI=1S/C23H27NO4/c1-3-27-22(25)19-15-24(14-17-8-5-4-6-9-17)16-23(19)12-13-28-21-18(23)10-7-11-20(21)26-2/h4-11,19H,3,12-16H2,1-2H3. The average molecular weight is 381 g/mol. The van der Waals surface area contributed by atoms with E-state index in [1.807, 2.05) is 25.1 Å². The lowest BCUT2D eigenvalue weighted by molar-refractivity contribution is -0.149. The monoisotopic (exact) mass is 381 g/mol. The van der Waals surface area contributed by atoms with Crippen molar-refractivity contribution in [2.24, 2.45) is 5.92 Å². The molecule has 0 radical (unpaired) electrons. The van der Waals surface area contributed by atoms with E-state index in [0.29, 0.717) is 19.8 Å². The molecule has 1 saturated heterocycles. The van der Waals surface area contributed by atoms with Crippen molar-refractivity contribution in [1.82, 2.24) is 4.90 Å². The predicted molar refractivity (Wildman–Crippen MR) is 107 cm³/mol. The van der Waals surface area contributed by atoms with Crippen molar-refractivity contribution in [2.45, 2.75) is 25.3 Å². The minimum atomic E-state index is -0.316. The number of ether oxygens (including phenoxy) is 3. The van der Waals surface area contributed by atoms with Crippen molar-refractivity contribution >= 4 is 5.97 Å². The van der Waals surface area contributed by atoms with Crippen LogP contribution in [0.25, 0.3) is 0 Å². The molecule has 2 unspecified atom stereocenters. The first kappa shape index (κ1) is 18.8. The summed E-state index contributed by atoms with van der Waals surface area (Å²) in [6, 6.07) is 16.4. The summed E-state index contributed by atoms with van der Waals surface area (Å²) in [4.78, 5) is 15.3. The maximum Gasteiger partial charge on any atom is 0.311 e. The number of hydrogen-bond acceptors (Lipinski definition) is 5. The van der Waals surface area contributed by atoms with Gasteiger partial charge in [-0.25, -0.2) is 0 Å². The first-order valence-electron chi connectivity index (χ1n) is 9.91. The Labute approximate surface area is 166 Å². The number of nitrogens with zero attached hydrogens (tertiary/aromatic N) is 1. The number of rotatable bonds is 5. The van der Waals surface area contributed by atoms with Crippen LogP contribution < -0.4 is 9.47 Å². The average Bonchev–Trinajstić information content (AvgIpc) is 3.07. The van der Waals surface area contributed by atoms with Gasteiger partial charge in [0.15, 0.2) is 11.5 Å². The Bertz CT molecular complexity index is 838. The second-order valence-electron chi connectivity index (χ2n) is 7.55. The summed E-state index contributed by atoms with van der Waals surface area (Å²) < 4.78 is 17.0. The maximum absolute atomic E-state index is 13.0. The van der Waals surface area contributed by atoms with Gasteiger partial charge in [-0.3, -0.25) is 9.69 Å². The minimum absolute atomic E-state index is 0.117. The van der Waals surface area contributed by atoms with Gasteiger partial charge in [0.25, 0.3) is 0 Å². The highest BCUT2D eigenvalue weighted by Crippen LogP contribution is 2.51. The summed E-state index contributed by atoms with van der Waals surface area (Å²) >= 11 is 0. The molecule has 0 aromatic heterocycles. The highest BCUT2D eigenvalue weighted by molar-refractivity contribution is 5.76. The molecule has 2 aromatic rings. The van der Waals surface area contributed by atoms with Crippen LogP contribution >= 0.6 is 0 Å². The number of carbonyl (C=O) groups is 1. The molecule has 4 rings (SSSR count). The molecular weight excluding hydrogens is 354 g/mol. The first-order valence-corrected chi connectivity index (χ1v) is 9.91. The molecule has 1 spiro atoms. The van der Waals surface area contributed by atoms with Crippen molar-refractivity contribution < 1.29 is 19.0 Å². The molecule has 2 aliphatic rings. The van der Waals surface area contributed by atoms with Crippen molar-refractivity contribution in [2.75, 3.05) is 33.4 Å². The van der Waals surface area contributed by atoms with Gasteiger partial charge in [-0.1, -0.05) is 42.5 Å². The molecule has 5 nitrogen and oxygen atoms in total. The fourth-order valence-electron chi connectivity index (χ4n) is 4.73. The van der Waals surface area contributed by atoms with Crippen LogP contribution in [0.15, 0.2) is 48.5 Å². The third-order valence-corrected chi connectivity index (χ3v) is 5.96. The molecule has 0 amide bonds. The first-order chi connectivity index (χ1) is 13.7. The number of benzene rings is 2. The highest BCUT2D eigenvalue weighted by Gasteiger charge is 2.54. The summed E-state index contributed by atoms with van der Waals surface area (Å²) in [6.07, 6.45) is 0.794. The minimum Gasteiger partial charge on any atom is -0.493 e. The molecule has 28 heavy (non-hydrogen) atoms. The molecule has 2 atom stereocenters. The van der Waals surface area contributed by atoms with E-state index < -0.39 is 0 Å². The van der Waals surface area contributed by atoms with Crippen LogP contribution in [0.1, 0.15) is 24.5 Å². The Morgan fingerprint density at radius 1 is 1.21 bits per heavy atom. The van der Waals surface area contributed by atoms with Crippen LogP contribution in [-0.2, 0) is 21.5 Å². The van der Waals surface area contributed by atoms with E-state index in [-0.39, 0.29) is 17.3 Å². The maximum atomic E-state index is 13.0. The Morgan fingerprint density at radius 3 is 2.79 bits per heavy atom. The number of likely N-dealkylation sites (tertiary alicyclic amines) is 1. The molecule has 2 aliphatic heterocycles. The largest absolute Gasteiger partial charge is 0.493 e. The fourth-order valence-corrected chi connectivity index (χ4v) is 4.73. The normalized spacial score (nSPS) is 23.9. The van der Waals surface area contributed by atoms with E-state index in [1.54, 1.807) is 7.11 Å². The number of carbonyl (C=O) groups excluding carboxylic acids is 1. The number of para-hydroxylation sites is 1. The number of fused-ring (bicyclic) bond motifs is 2. The van der Waals surface area contributed by atoms with Gasteiger partial charge in [0.2, 0.25) is 0 Å². The summed E-state index contributed by atoms with van der Waals surface area (Å²) in [5, 5.41) is 0. The predicted octanol–water partition coefficient (Wildman–Crippen LogP) is 3.41. The Kier molecular flexibility index (Phi) is 5.27. The Balaban J connectivity index is 1.72. The van der Waals surface area contributed by atoms with Crippen molar-refractivity contribution in [3.63, 3.8) is 0 Å². The van der Waals surface area contributed by atoms with Crippen LogP contribution in [0.3, 0.4) is 0 Å². The van der Waals surface area contributed by atoms with Gasteiger partial charge >= 0.3 is 5.97 Å². The SMILES string of the molecule is CCOC(=O)C1CN(Cc2ccccc2)CC12CCOc1c(OC)cccc12. The lowest BCUT2D eigenvalue weighted by atomic mass is 9.69. The van der Waals surface area contributed by atoms with Crippen LogP contribution in [0, 0.1) is 5.92 Å². The third-order valence-electron chi connectivity index (χ3n) is 5.96. The van der Waals surface area contributed by atoms with Gasteiger partial charge in [-0.05, 0) is 25.0 Å². The van der Waals surface area contributed by atoms with Crippen LogP contribution in [0.4, 0.5) is 0 Å². The zero-order chi connectivity index (χ0) is 19.6. The smallest absolute Gasteiger partial charge is 0.311 e. The van der Waals surface area contributed by atoms with E-state index in [4.69, 9.17) is 14.2 Å². The van der Waals surface area contributed by atoms with E-state index in [0.717, 1.165) is 36.6 Å². The van der Waals surface area contributed by atoms with E-state index in [1.165, 1.54) is 5.56 Å². The van der Waals surface area contributed by atoms with Crippen LogP contribution in [0.2, 0.25) is 0 Å². The van der Waals surface area contributed by atoms with E-state index in [9.17, 15) is 4.79 Å².